The summed E-state index contributed by atoms with van der Waals surface area (Å²) in [4.78, 5) is 11.4. The van der Waals surface area contributed by atoms with Crippen molar-refractivity contribution in [3.8, 4) is 0 Å². The summed E-state index contributed by atoms with van der Waals surface area (Å²) in [5.74, 6) is 1.14. The highest BCUT2D eigenvalue weighted by atomic mass is 15.2. The van der Waals surface area contributed by atoms with Crippen molar-refractivity contribution in [3.05, 3.63) is 47.3 Å². The smallest absolute Gasteiger partial charge is 0.123 e. The SMILES string of the molecule is CCCCN(Cc1cccnc1)Cc1nc(C)c(C)n1C. The van der Waals surface area contributed by atoms with Crippen molar-refractivity contribution in [2.75, 3.05) is 6.54 Å². The molecule has 0 amide bonds. The van der Waals surface area contributed by atoms with Gasteiger partial charge in [-0.3, -0.25) is 9.88 Å². The quantitative estimate of drug-likeness (QED) is 0.783. The first-order valence-corrected chi connectivity index (χ1v) is 7.71. The van der Waals surface area contributed by atoms with Crippen LogP contribution in [0.15, 0.2) is 24.5 Å². The minimum absolute atomic E-state index is 0.889. The summed E-state index contributed by atoms with van der Waals surface area (Å²) in [7, 11) is 2.10. The maximum Gasteiger partial charge on any atom is 0.123 e. The zero-order chi connectivity index (χ0) is 15.2. The molecule has 0 aliphatic rings. The molecule has 4 heteroatoms. The summed E-state index contributed by atoms with van der Waals surface area (Å²) in [5.41, 5.74) is 3.64. The number of imidazole rings is 1. The van der Waals surface area contributed by atoms with Gasteiger partial charge in [-0.05, 0) is 38.4 Å². The minimum Gasteiger partial charge on any atom is -0.334 e. The first-order valence-electron chi connectivity index (χ1n) is 7.71. The molecule has 0 saturated carbocycles. The van der Waals surface area contributed by atoms with E-state index in [1.165, 1.54) is 24.1 Å². The number of aryl methyl sites for hydroxylation is 1. The second-order valence-electron chi connectivity index (χ2n) is 5.68. The number of rotatable bonds is 7. The van der Waals surface area contributed by atoms with Crippen LogP contribution in [0.3, 0.4) is 0 Å². The molecular formula is C17H26N4. The van der Waals surface area contributed by atoms with Crippen LogP contribution in [-0.2, 0) is 20.1 Å². The standard InChI is InChI=1S/C17H26N4/c1-5-6-10-21(12-16-8-7-9-18-11-16)13-17-19-14(2)15(3)20(17)4/h7-9,11H,5-6,10,12-13H2,1-4H3. The zero-order valence-corrected chi connectivity index (χ0v) is 13.6. The molecule has 0 atom stereocenters. The molecule has 0 aliphatic heterocycles. The molecule has 21 heavy (non-hydrogen) atoms. The summed E-state index contributed by atoms with van der Waals surface area (Å²) in [6.45, 7) is 9.35. The van der Waals surface area contributed by atoms with E-state index >= 15 is 0 Å². The summed E-state index contributed by atoms with van der Waals surface area (Å²) < 4.78 is 2.21. The molecular weight excluding hydrogens is 260 g/mol. The summed E-state index contributed by atoms with van der Waals surface area (Å²) in [5, 5.41) is 0. The van der Waals surface area contributed by atoms with Crippen molar-refractivity contribution in [1.82, 2.24) is 19.4 Å². The molecule has 114 valence electrons. The van der Waals surface area contributed by atoms with E-state index < -0.39 is 0 Å². The third kappa shape index (κ3) is 4.14. The summed E-state index contributed by atoms with van der Waals surface area (Å²) in [6, 6.07) is 4.14. The molecule has 2 aromatic rings. The van der Waals surface area contributed by atoms with Crippen LogP contribution in [0.25, 0.3) is 0 Å². The Hall–Kier alpha value is -1.68. The Morgan fingerprint density at radius 3 is 2.62 bits per heavy atom. The third-order valence-electron chi connectivity index (χ3n) is 4.03. The van der Waals surface area contributed by atoms with Crippen molar-refractivity contribution < 1.29 is 0 Å². The van der Waals surface area contributed by atoms with Gasteiger partial charge in [-0.25, -0.2) is 4.98 Å². The van der Waals surface area contributed by atoms with Gasteiger partial charge in [0.1, 0.15) is 5.82 Å². The van der Waals surface area contributed by atoms with Crippen LogP contribution < -0.4 is 0 Å². The van der Waals surface area contributed by atoms with E-state index in [9.17, 15) is 0 Å². The lowest BCUT2D eigenvalue weighted by Gasteiger charge is -2.22. The van der Waals surface area contributed by atoms with Gasteiger partial charge in [0.25, 0.3) is 0 Å². The van der Waals surface area contributed by atoms with Gasteiger partial charge in [0.15, 0.2) is 0 Å². The van der Waals surface area contributed by atoms with E-state index in [1.807, 2.05) is 18.5 Å². The highest BCUT2D eigenvalue weighted by Crippen LogP contribution is 2.13. The normalized spacial score (nSPS) is 11.3. The monoisotopic (exact) mass is 286 g/mol. The molecule has 0 unspecified atom stereocenters. The van der Waals surface area contributed by atoms with Crippen molar-refractivity contribution >= 4 is 0 Å². The molecule has 0 bridgehead atoms. The van der Waals surface area contributed by atoms with Crippen molar-refractivity contribution in [2.45, 2.75) is 46.7 Å². The Bertz CT molecular complexity index is 560. The predicted octanol–water partition coefficient (Wildman–Crippen LogP) is 3.23. The fourth-order valence-corrected chi connectivity index (χ4v) is 2.47. The van der Waals surface area contributed by atoms with Crippen molar-refractivity contribution in [3.63, 3.8) is 0 Å². The van der Waals surface area contributed by atoms with Gasteiger partial charge in [0.2, 0.25) is 0 Å². The lowest BCUT2D eigenvalue weighted by molar-refractivity contribution is 0.243. The second kappa shape index (κ2) is 7.36. The van der Waals surface area contributed by atoms with E-state index in [0.29, 0.717) is 0 Å². The maximum absolute atomic E-state index is 4.70. The lowest BCUT2D eigenvalue weighted by Crippen LogP contribution is -2.25. The fraction of sp³-hybridized carbons (Fsp3) is 0.529. The molecule has 0 N–H and O–H groups in total. The first-order chi connectivity index (χ1) is 10.1. The number of hydrogen-bond donors (Lipinski definition) is 0. The van der Waals surface area contributed by atoms with Crippen LogP contribution in [0.5, 0.6) is 0 Å². The second-order valence-corrected chi connectivity index (χ2v) is 5.68. The van der Waals surface area contributed by atoms with Gasteiger partial charge in [-0.1, -0.05) is 19.4 Å². The van der Waals surface area contributed by atoms with Crippen molar-refractivity contribution in [1.29, 1.82) is 0 Å². The van der Waals surface area contributed by atoms with Gasteiger partial charge in [-0.2, -0.15) is 0 Å². The third-order valence-corrected chi connectivity index (χ3v) is 4.03. The van der Waals surface area contributed by atoms with Gasteiger partial charge >= 0.3 is 0 Å². The first kappa shape index (κ1) is 15.7. The summed E-state index contributed by atoms with van der Waals surface area (Å²) >= 11 is 0. The topological polar surface area (TPSA) is 34.0 Å². The number of pyridine rings is 1. The highest BCUT2D eigenvalue weighted by molar-refractivity contribution is 5.14. The Morgan fingerprint density at radius 1 is 1.24 bits per heavy atom. The number of hydrogen-bond acceptors (Lipinski definition) is 3. The molecule has 0 aromatic carbocycles. The number of nitrogens with zero attached hydrogens (tertiary/aromatic N) is 4. The van der Waals surface area contributed by atoms with Crippen LogP contribution in [0.2, 0.25) is 0 Å². The van der Waals surface area contributed by atoms with E-state index in [4.69, 9.17) is 4.98 Å². The molecule has 2 rings (SSSR count). The molecule has 0 saturated heterocycles. The van der Waals surface area contributed by atoms with E-state index in [2.05, 4.69) is 48.3 Å². The van der Waals surface area contributed by atoms with Gasteiger partial charge in [0, 0.05) is 31.7 Å². The molecule has 4 nitrogen and oxygen atoms in total. The van der Waals surface area contributed by atoms with Gasteiger partial charge in [-0.15, -0.1) is 0 Å². The van der Waals surface area contributed by atoms with Crippen LogP contribution in [0.1, 0.15) is 42.5 Å². The highest BCUT2D eigenvalue weighted by Gasteiger charge is 2.13. The molecule has 2 aromatic heterocycles. The van der Waals surface area contributed by atoms with E-state index in [-0.39, 0.29) is 0 Å². The van der Waals surface area contributed by atoms with Crippen LogP contribution >= 0.6 is 0 Å². The van der Waals surface area contributed by atoms with Crippen LogP contribution in [-0.4, -0.2) is 26.0 Å². The maximum atomic E-state index is 4.70. The lowest BCUT2D eigenvalue weighted by atomic mass is 10.2. The molecule has 0 aliphatic carbocycles. The zero-order valence-electron chi connectivity index (χ0n) is 13.6. The number of unbranched alkanes of at least 4 members (excludes halogenated alkanes) is 1. The Morgan fingerprint density at radius 2 is 2.05 bits per heavy atom. The van der Waals surface area contributed by atoms with Gasteiger partial charge < -0.3 is 4.57 Å². The molecule has 0 spiro atoms. The molecule has 0 radical (unpaired) electrons. The Balaban J connectivity index is 2.10. The predicted molar refractivity (Wildman–Crippen MR) is 85.9 cm³/mol. The van der Waals surface area contributed by atoms with E-state index in [1.54, 1.807) is 0 Å². The largest absolute Gasteiger partial charge is 0.334 e. The fourth-order valence-electron chi connectivity index (χ4n) is 2.47. The van der Waals surface area contributed by atoms with E-state index in [0.717, 1.165) is 31.2 Å². The van der Waals surface area contributed by atoms with Crippen LogP contribution in [0.4, 0.5) is 0 Å². The number of aromatic nitrogens is 3. The minimum atomic E-state index is 0.889. The molecule has 0 fully saturated rings. The average Bonchev–Trinajstić information content (AvgIpc) is 2.73. The van der Waals surface area contributed by atoms with Crippen molar-refractivity contribution in [2.24, 2.45) is 7.05 Å². The van der Waals surface area contributed by atoms with Crippen LogP contribution in [0, 0.1) is 13.8 Å². The Kier molecular flexibility index (Phi) is 5.51. The van der Waals surface area contributed by atoms with Gasteiger partial charge in [0.05, 0.1) is 12.2 Å². The average molecular weight is 286 g/mol. The summed E-state index contributed by atoms with van der Waals surface area (Å²) in [6.07, 6.45) is 6.20. The Labute approximate surface area is 127 Å². The molecule has 2 heterocycles.